The first-order valence-corrected chi connectivity index (χ1v) is 11.7. The Balaban J connectivity index is 1.62. The second-order valence-electron chi connectivity index (χ2n) is 7.43. The van der Waals surface area contributed by atoms with E-state index in [9.17, 15) is 8.42 Å². The molecule has 0 aromatic heterocycles. The SMILES string of the molecule is CCNC(=NCc1ccc(S(=O)(=O)N2CCCC2)cc1)NC1CCCCC1. The number of nitrogens with zero attached hydrogens (tertiary/aromatic N) is 2. The summed E-state index contributed by atoms with van der Waals surface area (Å²) in [5.41, 5.74) is 1.01. The van der Waals surface area contributed by atoms with E-state index in [1.165, 1.54) is 32.1 Å². The van der Waals surface area contributed by atoms with Gasteiger partial charge in [-0.15, -0.1) is 0 Å². The normalized spacial score (nSPS) is 20.0. The molecule has 0 radical (unpaired) electrons. The van der Waals surface area contributed by atoms with Crippen molar-refractivity contribution in [3.8, 4) is 0 Å². The second-order valence-corrected chi connectivity index (χ2v) is 9.37. The van der Waals surface area contributed by atoms with E-state index in [1.807, 2.05) is 12.1 Å². The average Bonchev–Trinajstić information content (AvgIpc) is 3.23. The largest absolute Gasteiger partial charge is 0.357 e. The predicted octanol–water partition coefficient (Wildman–Crippen LogP) is 2.86. The molecule has 1 saturated carbocycles. The zero-order valence-corrected chi connectivity index (χ0v) is 17.1. The van der Waals surface area contributed by atoms with Crippen molar-refractivity contribution in [2.75, 3.05) is 19.6 Å². The molecule has 2 aliphatic rings. The Morgan fingerprint density at radius 3 is 2.37 bits per heavy atom. The molecule has 0 atom stereocenters. The Hall–Kier alpha value is -1.60. The summed E-state index contributed by atoms with van der Waals surface area (Å²) in [7, 11) is -3.34. The summed E-state index contributed by atoms with van der Waals surface area (Å²) < 4.78 is 26.8. The van der Waals surface area contributed by atoms with Gasteiger partial charge < -0.3 is 10.6 Å². The number of benzene rings is 1. The summed E-state index contributed by atoms with van der Waals surface area (Å²) in [5, 5.41) is 6.85. The molecule has 3 rings (SSSR count). The number of nitrogens with one attached hydrogen (secondary N) is 2. The fourth-order valence-corrected chi connectivity index (χ4v) is 5.29. The lowest BCUT2D eigenvalue weighted by atomic mass is 9.96. The fraction of sp³-hybridized carbons (Fsp3) is 0.650. The highest BCUT2D eigenvalue weighted by Crippen LogP contribution is 2.21. The first-order chi connectivity index (χ1) is 13.1. The van der Waals surface area contributed by atoms with Gasteiger partial charge in [0.2, 0.25) is 10.0 Å². The Morgan fingerprint density at radius 2 is 1.74 bits per heavy atom. The Morgan fingerprint density at radius 1 is 1.07 bits per heavy atom. The van der Waals surface area contributed by atoms with Crippen molar-refractivity contribution in [1.82, 2.24) is 14.9 Å². The van der Waals surface area contributed by atoms with Crippen LogP contribution in [-0.4, -0.2) is 44.4 Å². The van der Waals surface area contributed by atoms with E-state index in [2.05, 4.69) is 22.5 Å². The third kappa shape index (κ3) is 5.45. The number of hydrogen-bond donors (Lipinski definition) is 2. The van der Waals surface area contributed by atoms with Crippen LogP contribution in [0.2, 0.25) is 0 Å². The van der Waals surface area contributed by atoms with E-state index < -0.39 is 10.0 Å². The summed E-state index contributed by atoms with van der Waals surface area (Å²) in [4.78, 5) is 5.06. The van der Waals surface area contributed by atoms with E-state index in [1.54, 1.807) is 16.4 Å². The molecule has 27 heavy (non-hydrogen) atoms. The minimum atomic E-state index is -3.34. The summed E-state index contributed by atoms with van der Waals surface area (Å²) in [5.74, 6) is 0.846. The standard InChI is InChI=1S/C20H32N4O2S/c1-2-21-20(23-18-8-4-3-5-9-18)22-16-17-10-12-19(13-11-17)27(25,26)24-14-6-7-15-24/h10-13,18H,2-9,14-16H2,1H3,(H2,21,22,23). The molecule has 2 fully saturated rings. The summed E-state index contributed by atoms with van der Waals surface area (Å²) in [6.45, 7) is 4.69. The van der Waals surface area contributed by atoms with Gasteiger partial charge in [0.1, 0.15) is 0 Å². The lowest BCUT2D eigenvalue weighted by Gasteiger charge is -2.24. The molecule has 1 heterocycles. The molecule has 7 heteroatoms. The van der Waals surface area contributed by atoms with Gasteiger partial charge in [0.15, 0.2) is 5.96 Å². The first kappa shape index (κ1) is 20.1. The van der Waals surface area contributed by atoms with Crippen LogP contribution in [0.25, 0.3) is 0 Å². The number of hydrogen-bond acceptors (Lipinski definition) is 3. The van der Waals surface area contributed by atoms with E-state index in [4.69, 9.17) is 0 Å². The quantitative estimate of drug-likeness (QED) is 0.577. The molecule has 1 aliphatic carbocycles. The predicted molar refractivity (Wildman–Crippen MR) is 109 cm³/mol. The summed E-state index contributed by atoms with van der Waals surface area (Å²) >= 11 is 0. The highest BCUT2D eigenvalue weighted by Gasteiger charge is 2.26. The maximum Gasteiger partial charge on any atom is 0.243 e. The van der Waals surface area contributed by atoms with Crippen LogP contribution < -0.4 is 10.6 Å². The molecular weight excluding hydrogens is 360 g/mol. The lowest BCUT2D eigenvalue weighted by molar-refractivity contribution is 0.410. The van der Waals surface area contributed by atoms with Crippen molar-refractivity contribution >= 4 is 16.0 Å². The van der Waals surface area contributed by atoms with E-state index in [-0.39, 0.29) is 0 Å². The Bertz CT molecular complexity index is 719. The third-order valence-electron chi connectivity index (χ3n) is 5.34. The van der Waals surface area contributed by atoms with Crippen LogP contribution in [0.4, 0.5) is 0 Å². The van der Waals surface area contributed by atoms with Gasteiger partial charge in [-0.1, -0.05) is 31.4 Å². The van der Waals surface area contributed by atoms with E-state index >= 15 is 0 Å². The monoisotopic (exact) mass is 392 g/mol. The van der Waals surface area contributed by atoms with Gasteiger partial charge in [0.05, 0.1) is 11.4 Å². The molecular formula is C20H32N4O2S. The van der Waals surface area contributed by atoms with Crippen LogP contribution in [-0.2, 0) is 16.6 Å². The third-order valence-corrected chi connectivity index (χ3v) is 7.25. The molecule has 0 amide bonds. The summed E-state index contributed by atoms with van der Waals surface area (Å²) in [6, 6.07) is 7.66. The van der Waals surface area contributed by atoms with Crippen molar-refractivity contribution in [3.63, 3.8) is 0 Å². The number of guanidine groups is 1. The molecule has 2 N–H and O–H groups in total. The van der Waals surface area contributed by atoms with Gasteiger partial charge in [0.25, 0.3) is 0 Å². The van der Waals surface area contributed by atoms with Crippen LogP contribution in [0.5, 0.6) is 0 Å². The van der Waals surface area contributed by atoms with Gasteiger partial charge in [-0.05, 0) is 50.3 Å². The molecule has 1 saturated heterocycles. The van der Waals surface area contributed by atoms with E-state index in [0.29, 0.717) is 30.6 Å². The van der Waals surface area contributed by atoms with Crippen molar-refractivity contribution in [1.29, 1.82) is 0 Å². The van der Waals surface area contributed by atoms with Crippen molar-refractivity contribution in [2.45, 2.75) is 69.4 Å². The van der Waals surface area contributed by atoms with Crippen molar-refractivity contribution < 1.29 is 8.42 Å². The van der Waals surface area contributed by atoms with Crippen LogP contribution >= 0.6 is 0 Å². The van der Waals surface area contributed by atoms with Crippen molar-refractivity contribution in [2.24, 2.45) is 4.99 Å². The second kappa shape index (κ2) is 9.55. The zero-order valence-electron chi connectivity index (χ0n) is 16.3. The van der Waals surface area contributed by atoms with Gasteiger partial charge in [0, 0.05) is 25.7 Å². The highest BCUT2D eigenvalue weighted by atomic mass is 32.2. The van der Waals surface area contributed by atoms with Gasteiger partial charge in [-0.2, -0.15) is 4.31 Å². The minimum absolute atomic E-state index is 0.379. The molecule has 1 aromatic rings. The average molecular weight is 393 g/mol. The van der Waals surface area contributed by atoms with Gasteiger partial charge in [-0.3, -0.25) is 0 Å². The highest BCUT2D eigenvalue weighted by molar-refractivity contribution is 7.89. The zero-order chi connectivity index (χ0) is 19.1. The van der Waals surface area contributed by atoms with Crippen LogP contribution in [0.1, 0.15) is 57.4 Å². The Kier molecular flexibility index (Phi) is 7.13. The number of sulfonamides is 1. The number of aliphatic imine (C=N–C) groups is 1. The molecule has 1 aromatic carbocycles. The van der Waals surface area contributed by atoms with Crippen LogP contribution in [0.15, 0.2) is 34.2 Å². The van der Waals surface area contributed by atoms with Crippen LogP contribution in [0, 0.1) is 0 Å². The van der Waals surface area contributed by atoms with Crippen LogP contribution in [0.3, 0.4) is 0 Å². The van der Waals surface area contributed by atoms with Gasteiger partial charge in [-0.25, -0.2) is 13.4 Å². The van der Waals surface area contributed by atoms with Gasteiger partial charge >= 0.3 is 0 Å². The fourth-order valence-electron chi connectivity index (χ4n) is 3.78. The minimum Gasteiger partial charge on any atom is -0.357 e. The number of rotatable bonds is 6. The molecule has 0 bridgehead atoms. The Labute approximate surface area is 163 Å². The lowest BCUT2D eigenvalue weighted by Crippen LogP contribution is -2.44. The topological polar surface area (TPSA) is 73.8 Å². The molecule has 150 valence electrons. The maximum absolute atomic E-state index is 12.6. The maximum atomic E-state index is 12.6. The van der Waals surface area contributed by atoms with E-state index in [0.717, 1.165) is 30.9 Å². The molecule has 6 nitrogen and oxygen atoms in total. The summed E-state index contributed by atoms with van der Waals surface area (Å²) in [6.07, 6.45) is 8.20. The molecule has 1 aliphatic heterocycles. The molecule has 0 spiro atoms. The van der Waals surface area contributed by atoms with Crippen molar-refractivity contribution in [3.05, 3.63) is 29.8 Å². The smallest absolute Gasteiger partial charge is 0.243 e. The first-order valence-electron chi connectivity index (χ1n) is 10.2. The molecule has 0 unspecified atom stereocenters.